The van der Waals surface area contributed by atoms with Gasteiger partial charge in [0.15, 0.2) is 6.10 Å². The molecule has 1 unspecified atom stereocenters. The van der Waals surface area contributed by atoms with E-state index < -0.39 is 12.1 Å². The van der Waals surface area contributed by atoms with Crippen LogP contribution in [-0.2, 0) is 28.6 Å². The van der Waals surface area contributed by atoms with Crippen LogP contribution in [-0.4, -0.2) is 37.2 Å². The van der Waals surface area contributed by atoms with Crippen molar-refractivity contribution in [2.75, 3.05) is 13.2 Å². The van der Waals surface area contributed by atoms with Gasteiger partial charge in [-0.15, -0.1) is 0 Å². The van der Waals surface area contributed by atoms with E-state index >= 15 is 0 Å². The zero-order chi connectivity index (χ0) is 55.0. The molecule has 0 amide bonds. The van der Waals surface area contributed by atoms with Crippen molar-refractivity contribution in [3.05, 3.63) is 170 Å². The molecule has 0 aromatic carbocycles. The molecule has 0 aromatic rings. The van der Waals surface area contributed by atoms with Gasteiger partial charge in [0.2, 0.25) is 0 Å². The summed E-state index contributed by atoms with van der Waals surface area (Å²) in [6.07, 6.45) is 92.1. The fraction of sp³-hybridized carbons (Fsp3) is 0.557. The zero-order valence-electron chi connectivity index (χ0n) is 48.4. The summed E-state index contributed by atoms with van der Waals surface area (Å²) in [6.45, 7) is 6.28. The minimum atomic E-state index is -0.851. The Morgan fingerprint density at radius 2 is 0.539 bits per heavy atom. The molecule has 0 aliphatic rings. The standard InChI is InChI=1S/C70H108O6/c1-4-7-10-13-16-19-22-25-28-31-34-35-37-39-42-45-48-51-54-57-60-63-69(72)75-66-67(65-74-68(71)62-59-56-53-50-47-44-41-38-33-30-27-24-21-18-15-12-9-6-3)76-70(73)64-61-58-55-52-49-46-43-40-36-32-29-26-23-20-17-14-11-8-5-2/h7-8,10-11,16-17,19-21,24-26,28-30,33-36,39-40,42,46,48-49,51,55,58,67H,4-6,9,12-15,18,22-23,27,31-32,37-38,41,43-45,47,50,52-54,56-57,59-66H2,1-3H3/b10-7-,11-8-,19-16-,20-17-,24-21-,28-25-,29-26-,33-30-,35-34-,40-36-,42-39-,49-46-,51-48-,58-55-. The lowest BCUT2D eigenvalue weighted by Crippen LogP contribution is -2.30. The van der Waals surface area contributed by atoms with Gasteiger partial charge in [0.1, 0.15) is 13.2 Å². The second-order valence-corrected chi connectivity index (χ2v) is 19.1. The fourth-order valence-electron chi connectivity index (χ4n) is 7.50. The molecule has 0 saturated heterocycles. The number of allylic oxidation sites excluding steroid dienone is 28. The van der Waals surface area contributed by atoms with E-state index in [0.29, 0.717) is 19.3 Å². The number of ether oxygens (including phenoxy) is 3. The van der Waals surface area contributed by atoms with Crippen molar-refractivity contribution >= 4 is 17.9 Å². The van der Waals surface area contributed by atoms with Crippen LogP contribution in [0.3, 0.4) is 0 Å². The van der Waals surface area contributed by atoms with Gasteiger partial charge in [-0.1, -0.05) is 242 Å². The molecule has 0 heterocycles. The average molecular weight is 1050 g/mol. The van der Waals surface area contributed by atoms with E-state index in [1.54, 1.807) is 0 Å². The molecule has 0 spiro atoms. The molecule has 6 nitrogen and oxygen atoms in total. The van der Waals surface area contributed by atoms with Crippen LogP contribution in [0.15, 0.2) is 170 Å². The highest BCUT2D eigenvalue weighted by Crippen LogP contribution is 2.12. The third-order valence-electron chi connectivity index (χ3n) is 11.9. The zero-order valence-corrected chi connectivity index (χ0v) is 48.4. The molecule has 0 N–H and O–H groups in total. The van der Waals surface area contributed by atoms with Gasteiger partial charge in [-0.25, -0.2) is 0 Å². The molecule has 76 heavy (non-hydrogen) atoms. The fourth-order valence-corrected chi connectivity index (χ4v) is 7.50. The largest absolute Gasteiger partial charge is 0.462 e. The van der Waals surface area contributed by atoms with Crippen molar-refractivity contribution in [2.24, 2.45) is 0 Å². The molecule has 0 aliphatic carbocycles. The quantitative estimate of drug-likeness (QED) is 0.0261. The van der Waals surface area contributed by atoms with E-state index in [4.69, 9.17) is 14.2 Å². The molecule has 0 aliphatic heterocycles. The van der Waals surface area contributed by atoms with Crippen LogP contribution in [0.2, 0.25) is 0 Å². The lowest BCUT2D eigenvalue weighted by Gasteiger charge is -2.18. The Morgan fingerprint density at radius 3 is 0.882 bits per heavy atom. The van der Waals surface area contributed by atoms with E-state index in [1.165, 1.54) is 57.8 Å². The van der Waals surface area contributed by atoms with Crippen LogP contribution in [0.25, 0.3) is 0 Å². The molecule has 6 heteroatoms. The van der Waals surface area contributed by atoms with Gasteiger partial charge >= 0.3 is 17.9 Å². The van der Waals surface area contributed by atoms with Crippen LogP contribution >= 0.6 is 0 Å². The number of carbonyl (C=O) groups excluding carboxylic acids is 3. The molecule has 0 fully saturated rings. The van der Waals surface area contributed by atoms with Crippen LogP contribution in [0.1, 0.15) is 233 Å². The minimum Gasteiger partial charge on any atom is -0.462 e. The third-order valence-corrected chi connectivity index (χ3v) is 11.9. The first-order chi connectivity index (χ1) is 37.5. The van der Waals surface area contributed by atoms with Crippen molar-refractivity contribution in [2.45, 2.75) is 239 Å². The lowest BCUT2D eigenvalue weighted by atomic mass is 10.1. The van der Waals surface area contributed by atoms with Gasteiger partial charge in [-0.05, 0) is 141 Å². The van der Waals surface area contributed by atoms with Crippen molar-refractivity contribution < 1.29 is 28.6 Å². The summed E-state index contributed by atoms with van der Waals surface area (Å²) >= 11 is 0. The minimum absolute atomic E-state index is 0.135. The van der Waals surface area contributed by atoms with Gasteiger partial charge in [0.25, 0.3) is 0 Å². The lowest BCUT2D eigenvalue weighted by molar-refractivity contribution is -0.166. The van der Waals surface area contributed by atoms with E-state index in [1.807, 2.05) is 12.2 Å². The summed E-state index contributed by atoms with van der Waals surface area (Å²) in [5, 5.41) is 0. The van der Waals surface area contributed by atoms with Crippen LogP contribution in [0.5, 0.6) is 0 Å². The Balaban J connectivity index is 4.63. The van der Waals surface area contributed by atoms with Crippen LogP contribution in [0, 0.1) is 0 Å². The summed E-state index contributed by atoms with van der Waals surface area (Å²) < 4.78 is 16.8. The van der Waals surface area contributed by atoms with Gasteiger partial charge < -0.3 is 14.2 Å². The number of unbranched alkanes of at least 4 members (excludes halogenated alkanes) is 13. The highest BCUT2D eigenvalue weighted by atomic mass is 16.6. The third kappa shape index (κ3) is 59.6. The summed E-state index contributed by atoms with van der Waals surface area (Å²) in [7, 11) is 0. The predicted octanol–water partition coefficient (Wildman–Crippen LogP) is 20.7. The van der Waals surface area contributed by atoms with Gasteiger partial charge in [0, 0.05) is 19.3 Å². The normalized spacial score (nSPS) is 13.4. The highest BCUT2D eigenvalue weighted by Gasteiger charge is 2.19. The summed E-state index contributed by atoms with van der Waals surface area (Å²) in [6, 6.07) is 0. The average Bonchev–Trinajstić information content (AvgIpc) is 3.42. The van der Waals surface area contributed by atoms with Crippen LogP contribution < -0.4 is 0 Å². The van der Waals surface area contributed by atoms with Crippen molar-refractivity contribution in [3.8, 4) is 0 Å². The first-order valence-electron chi connectivity index (χ1n) is 30.1. The molecule has 1 atom stereocenters. The van der Waals surface area contributed by atoms with Gasteiger partial charge in [-0.2, -0.15) is 0 Å². The van der Waals surface area contributed by atoms with Crippen molar-refractivity contribution in [1.29, 1.82) is 0 Å². The SMILES string of the molecule is CC/C=C\C/C=C\C/C=C\C/C=C\C/C=C\C/C=C\CCCCC(=O)OCC(COC(=O)CCCCCCCCC/C=C\C/C=C\CCCCCC)OC(=O)CC/C=C\C/C=C\C/C=C\C/C=C\C/C=C\C/C=C\CC. The Bertz CT molecular complexity index is 1770. The summed E-state index contributed by atoms with van der Waals surface area (Å²) in [4.78, 5) is 38.2. The Kier molecular flexibility index (Phi) is 58.0. The van der Waals surface area contributed by atoms with E-state index in [2.05, 4.69) is 179 Å². The number of hydrogen-bond acceptors (Lipinski definition) is 6. The van der Waals surface area contributed by atoms with Gasteiger partial charge in [0.05, 0.1) is 0 Å². The first kappa shape index (κ1) is 70.8. The molecule has 0 rings (SSSR count). The Hall–Kier alpha value is -5.23. The monoisotopic (exact) mass is 1040 g/mol. The second kappa shape index (κ2) is 62.3. The molecule has 0 aromatic heterocycles. The van der Waals surface area contributed by atoms with E-state index in [9.17, 15) is 14.4 Å². The number of rotatable bonds is 52. The predicted molar refractivity (Wildman–Crippen MR) is 329 cm³/mol. The molecule has 0 radical (unpaired) electrons. The first-order valence-corrected chi connectivity index (χ1v) is 30.1. The summed E-state index contributed by atoms with van der Waals surface area (Å²) in [5.74, 6) is -1.08. The Labute approximate surface area is 466 Å². The maximum atomic E-state index is 12.9. The number of carbonyl (C=O) groups is 3. The maximum absolute atomic E-state index is 12.9. The number of esters is 3. The molecule has 0 bridgehead atoms. The molecular weight excluding hydrogens is 937 g/mol. The topological polar surface area (TPSA) is 78.9 Å². The number of hydrogen-bond donors (Lipinski definition) is 0. The van der Waals surface area contributed by atoms with Crippen molar-refractivity contribution in [1.82, 2.24) is 0 Å². The molecule has 0 saturated carbocycles. The Morgan fingerprint density at radius 1 is 0.276 bits per heavy atom. The maximum Gasteiger partial charge on any atom is 0.306 e. The van der Waals surface area contributed by atoms with Gasteiger partial charge in [-0.3, -0.25) is 14.4 Å². The van der Waals surface area contributed by atoms with Crippen molar-refractivity contribution in [3.63, 3.8) is 0 Å². The van der Waals surface area contributed by atoms with E-state index in [-0.39, 0.29) is 38.0 Å². The highest BCUT2D eigenvalue weighted by molar-refractivity contribution is 5.71. The van der Waals surface area contributed by atoms with Crippen LogP contribution in [0.4, 0.5) is 0 Å². The molecular formula is C70H108O6. The van der Waals surface area contributed by atoms with E-state index in [0.717, 1.165) is 122 Å². The smallest absolute Gasteiger partial charge is 0.306 e. The molecule has 424 valence electrons. The second-order valence-electron chi connectivity index (χ2n) is 19.1. The summed E-state index contributed by atoms with van der Waals surface area (Å²) in [5.41, 5.74) is 0.